The molecule has 154 valence electrons. The number of ether oxygens (including phenoxy) is 1. The lowest BCUT2D eigenvalue weighted by atomic mass is 9.48. The van der Waals surface area contributed by atoms with Crippen molar-refractivity contribution in [2.45, 2.75) is 48.8 Å². The zero-order valence-corrected chi connectivity index (χ0v) is 18.1. The van der Waals surface area contributed by atoms with Gasteiger partial charge in [-0.1, -0.05) is 23.7 Å². The van der Waals surface area contributed by atoms with Gasteiger partial charge in [-0.05, 0) is 97.6 Å². The molecule has 4 fully saturated rings. The Kier molecular flexibility index (Phi) is 4.59. The average Bonchev–Trinajstić information content (AvgIpc) is 2.67. The third-order valence-corrected chi connectivity index (χ3v) is 8.90. The first-order chi connectivity index (χ1) is 13.9. The quantitative estimate of drug-likeness (QED) is 0.668. The van der Waals surface area contributed by atoms with Crippen LogP contribution in [0.2, 0.25) is 5.02 Å². The largest absolute Gasteiger partial charge is 0.495 e. The molecule has 1 N–H and O–H groups in total. The molecule has 4 nitrogen and oxygen atoms in total. The molecule has 0 atom stereocenters. The molecule has 29 heavy (non-hydrogen) atoms. The van der Waals surface area contributed by atoms with Gasteiger partial charge in [-0.25, -0.2) is 8.42 Å². The summed E-state index contributed by atoms with van der Waals surface area (Å²) in [6.07, 6.45) is 8.15. The number of methoxy groups -OCH3 is 1. The summed E-state index contributed by atoms with van der Waals surface area (Å²) < 4.78 is 33.3. The van der Waals surface area contributed by atoms with Gasteiger partial charge in [-0.15, -0.1) is 0 Å². The standard InChI is InChI=1S/C23H26ClNO3S/c1-28-22-7-6-20(11-21(22)24)29(26,27)25-19-4-2-18(3-5-19)23-12-15-8-16(13-23)10-17(9-15)14-23/h2-7,11,15-17,25H,8-10,12-14H2,1H3. The molecular weight excluding hydrogens is 406 g/mol. The molecule has 4 bridgehead atoms. The van der Waals surface area contributed by atoms with Crippen LogP contribution in [0.4, 0.5) is 5.69 Å². The first-order valence-electron chi connectivity index (χ1n) is 10.3. The van der Waals surface area contributed by atoms with Crippen LogP contribution in [0.25, 0.3) is 0 Å². The highest BCUT2D eigenvalue weighted by Crippen LogP contribution is 2.60. The number of rotatable bonds is 5. The van der Waals surface area contributed by atoms with Crippen molar-refractivity contribution in [1.82, 2.24) is 0 Å². The second-order valence-corrected chi connectivity index (χ2v) is 11.3. The molecule has 2 aromatic rings. The van der Waals surface area contributed by atoms with Crippen molar-refractivity contribution >= 4 is 27.3 Å². The minimum atomic E-state index is -3.71. The van der Waals surface area contributed by atoms with E-state index in [0.717, 1.165) is 17.8 Å². The molecule has 0 aliphatic heterocycles. The summed E-state index contributed by atoms with van der Waals surface area (Å²) in [7, 11) is -2.21. The van der Waals surface area contributed by atoms with Gasteiger partial charge >= 0.3 is 0 Å². The molecule has 0 spiro atoms. The van der Waals surface area contributed by atoms with Crippen LogP contribution < -0.4 is 9.46 Å². The number of hydrogen-bond donors (Lipinski definition) is 1. The zero-order chi connectivity index (χ0) is 20.2. The van der Waals surface area contributed by atoms with Crippen LogP contribution in [0.5, 0.6) is 5.75 Å². The predicted molar refractivity (Wildman–Crippen MR) is 115 cm³/mol. The highest BCUT2D eigenvalue weighted by molar-refractivity contribution is 7.92. The lowest BCUT2D eigenvalue weighted by Crippen LogP contribution is -2.48. The fourth-order valence-electron chi connectivity index (χ4n) is 6.38. The number of nitrogens with one attached hydrogen (secondary N) is 1. The van der Waals surface area contributed by atoms with Gasteiger partial charge < -0.3 is 4.74 Å². The fourth-order valence-corrected chi connectivity index (χ4v) is 7.79. The molecule has 4 aliphatic carbocycles. The Hall–Kier alpha value is -1.72. The number of sulfonamides is 1. The van der Waals surface area contributed by atoms with Crippen LogP contribution >= 0.6 is 11.6 Å². The van der Waals surface area contributed by atoms with E-state index in [0.29, 0.717) is 16.9 Å². The number of hydrogen-bond acceptors (Lipinski definition) is 3. The molecule has 0 unspecified atom stereocenters. The van der Waals surface area contributed by atoms with Crippen molar-refractivity contribution in [2.24, 2.45) is 17.8 Å². The van der Waals surface area contributed by atoms with Crippen molar-refractivity contribution in [3.05, 3.63) is 53.1 Å². The van der Waals surface area contributed by atoms with Gasteiger partial charge in [-0.3, -0.25) is 4.72 Å². The molecule has 2 aromatic carbocycles. The second-order valence-electron chi connectivity index (χ2n) is 9.18. The van der Waals surface area contributed by atoms with Crippen LogP contribution in [-0.2, 0) is 15.4 Å². The monoisotopic (exact) mass is 431 g/mol. The van der Waals surface area contributed by atoms with Crippen LogP contribution in [0.1, 0.15) is 44.1 Å². The molecule has 6 rings (SSSR count). The van der Waals surface area contributed by atoms with Gasteiger partial charge in [-0.2, -0.15) is 0 Å². The number of anilines is 1. The van der Waals surface area contributed by atoms with E-state index in [1.807, 2.05) is 12.1 Å². The van der Waals surface area contributed by atoms with E-state index in [9.17, 15) is 8.42 Å². The highest BCUT2D eigenvalue weighted by Gasteiger charge is 2.51. The Morgan fingerprint density at radius 2 is 1.55 bits per heavy atom. The normalized spacial score (nSPS) is 30.3. The van der Waals surface area contributed by atoms with Gasteiger partial charge in [0.15, 0.2) is 0 Å². The maximum Gasteiger partial charge on any atom is 0.261 e. The van der Waals surface area contributed by atoms with E-state index in [1.54, 1.807) is 6.07 Å². The van der Waals surface area contributed by atoms with Crippen molar-refractivity contribution in [2.75, 3.05) is 11.8 Å². The summed E-state index contributed by atoms with van der Waals surface area (Å²) in [4.78, 5) is 0.119. The van der Waals surface area contributed by atoms with Crippen LogP contribution in [0.15, 0.2) is 47.4 Å². The van der Waals surface area contributed by atoms with E-state index < -0.39 is 10.0 Å². The molecule has 0 aromatic heterocycles. The predicted octanol–water partition coefficient (Wildman–Crippen LogP) is 5.62. The first kappa shape index (κ1) is 19.3. The number of halogens is 1. The maximum atomic E-state index is 12.7. The summed E-state index contributed by atoms with van der Waals surface area (Å²) in [6.45, 7) is 0. The molecule has 4 aliphatic rings. The van der Waals surface area contributed by atoms with Crippen LogP contribution in [0.3, 0.4) is 0 Å². The SMILES string of the molecule is COc1ccc(S(=O)(=O)Nc2ccc(C34CC5CC(CC(C5)C3)C4)cc2)cc1Cl. The molecule has 0 radical (unpaired) electrons. The third-order valence-electron chi connectivity index (χ3n) is 7.22. The Bertz CT molecular complexity index is 997. The average molecular weight is 432 g/mol. The molecule has 4 saturated carbocycles. The van der Waals surface area contributed by atoms with E-state index in [1.165, 1.54) is 63.3 Å². The number of benzene rings is 2. The van der Waals surface area contributed by atoms with Gasteiger partial charge in [0.2, 0.25) is 0 Å². The van der Waals surface area contributed by atoms with Crippen molar-refractivity contribution in [3.63, 3.8) is 0 Å². The minimum absolute atomic E-state index is 0.119. The van der Waals surface area contributed by atoms with Crippen LogP contribution in [0, 0.1) is 17.8 Å². The summed E-state index contributed by atoms with van der Waals surface area (Å²) in [5.74, 6) is 3.11. The molecule has 6 heteroatoms. The Balaban J connectivity index is 1.36. The summed E-state index contributed by atoms with van der Waals surface area (Å²) in [5.41, 5.74) is 2.27. The lowest BCUT2D eigenvalue weighted by Gasteiger charge is -2.57. The van der Waals surface area contributed by atoms with E-state index in [2.05, 4.69) is 16.9 Å². The molecule has 0 saturated heterocycles. The van der Waals surface area contributed by atoms with Gasteiger partial charge in [0, 0.05) is 5.69 Å². The zero-order valence-electron chi connectivity index (χ0n) is 16.5. The summed E-state index contributed by atoms with van der Waals surface area (Å²) >= 11 is 6.09. The second kappa shape index (κ2) is 6.92. The van der Waals surface area contributed by atoms with Crippen molar-refractivity contribution < 1.29 is 13.2 Å². The Morgan fingerprint density at radius 3 is 2.07 bits per heavy atom. The summed E-state index contributed by atoms with van der Waals surface area (Å²) in [6, 6.07) is 12.5. The Labute approximate surface area is 177 Å². The van der Waals surface area contributed by atoms with Crippen LogP contribution in [-0.4, -0.2) is 15.5 Å². The fraction of sp³-hybridized carbons (Fsp3) is 0.478. The smallest absolute Gasteiger partial charge is 0.261 e. The lowest BCUT2D eigenvalue weighted by molar-refractivity contribution is -0.00518. The molecule has 0 amide bonds. The third kappa shape index (κ3) is 3.42. The van der Waals surface area contributed by atoms with Crippen molar-refractivity contribution in [3.8, 4) is 5.75 Å². The highest BCUT2D eigenvalue weighted by atomic mass is 35.5. The molecule has 0 heterocycles. The van der Waals surface area contributed by atoms with Gasteiger partial charge in [0.25, 0.3) is 10.0 Å². The van der Waals surface area contributed by atoms with Crippen molar-refractivity contribution in [1.29, 1.82) is 0 Å². The van der Waals surface area contributed by atoms with E-state index in [-0.39, 0.29) is 9.92 Å². The topological polar surface area (TPSA) is 55.4 Å². The van der Waals surface area contributed by atoms with E-state index >= 15 is 0 Å². The van der Waals surface area contributed by atoms with Gasteiger partial charge in [0.1, 0.15) is 5.75 Å². The first-order valence-corrected chi connectivity index (χ1v) is 12.2. The maximum absolute atomic E-state index is 12.7. The van der Waals surface area contributed by atoms with E-state index in [4.69, 9.17) is 16.3 Å². The Morgan fingerprint density at radius 1 is 0.966 bits per heavy atom. The van der Waals surface area contributed by atoms with Gasteiger partial charge in [0.05, 0.1) is 17.0 Å². The summed E-state index contributed by atoms with van der Waals surface area (Å²) in [5, 5.41) is 0.271. The minimum Gasteiger partial charge on any atom is -0.495 e. The molecular formula is C23H26ClNO3S.